The minimum absolute atomic E-state index is 0.0512. The van der Waals surface area contributed by atoms with E-state index < -0.39 is 0 Å². The summed E-state index contributed by atoms with van der Waals surface area (Å²) in [6.07, 6.45) is 0. The van der Waals surface area contributed by atoms with Crippen molar-refractivity contribution in [1.29, 1.82) is 0 Å². The number of amides is 1. The molecule has 0 aliphatic carbocycles. The van der Waals surface area contributed by atoms with Crippen LogP contribution in [0, 0.1) is 5.82 Å². The van der Waals surface area contributed by atoms with Crippen LogP contribution in [0.4, 0.5) is 10.1 Å². The molecule has 150 valence electrons. The van der Waals surface area contributed by atoms with E-state index in [2.05, 4.69) is 11.8 Å². The largest absolute Gasteiger partial charge is 0.482 e. The van der Waals surface area contributed by atoms with E-state index in [-0.39, 0.29) is 30.4 Å². The lowest BCUT2D eigenvalue weighted by Crippen LogP contribution is -2.58. The summed E-state index contributed by atoms with van der Waals surface area (Å²) in [4.78, 5) is 16.8. The van der Waals surface area contributed by atoms with Gasteiger partial charge in [-0.2, -0.15) is 0 Å². The number of nitrogen functional groups attached to an aromatic ring is 1. The Balaban J connectivity index is 1.57. The summed E-state index contributed by atoms with van der Waals surface area (Å²) in [5.41, 5.74) is 7.34. The van der Waals surface area contributed by atoms with Gasteiger partial charge in [0, 0.05) is 36.7 Å². The van der Waals surface area contributed by atoms with Crippen molar-refractivity contribution in [2.24, 2.45) is 0 Å². The molecule has 1 fully saturated rings. The Morgan fingerprint density at radius 1 is 1.18 bits per heavy atom. The topological polar surface area (TPSA) is 58.8 Å². The van der Waals surface area contributed by atoms with Gasteiger partial charge in [0.15, 0.2) is 6.61 Å². The highest BCUT2D eigenvalue weighted by Crippen LogP contribution is 2.25. The minimum atomic E-state index is -0.234. The Labute approximate surface area is 169 Å². The molecule has 1 saturated heterocycles. The molecule has 5 nitrogen and oxygen atoms in total. The number of benzene rings is 2. The fraction of sp³-hybridized carbons (Fsp3) is 0.381. The van der Waals surface area contributed by atoms with Crippen LogP contribution in [0.3, 0.4) is 0 Å². The van der Waals surface area contributed by atoms with Crippen molar-refractivity contribution in [2.45, 2.75) is 32.5 Å². The Morgan fingerprint density at radius 2 is 1.89 bits per heavy atom. The summed E-state index contributed by atoms with van der Waals surface area (Å²) in [6, 6.07) is 11.7. The quantitative estimate of drug-likeness (QED) is 0.773. The number of carbonyl (C=O) groups is 1. The van der Waals surface area contributed by atoms with Gasteiger partial charge in [-0.05, 0) is 49.7 Å². The van der Waals surface area contributed by atoms with Crippen molar-refractivity contribution in [3.8, 4) is 5.75 Å². The molecule has 0 aromatic heterocycles. The first-order chi connectivity index (χ1) is 13.3. The number of hydrogen-bond donors (Lipinski definition) is 1. The van der Waals surface area contributed by atoms with Gasteiger partial charge < -0.3 is 15.4 Å². The minimum Gasteiger partial charge on any atom is -0.482 e. The zero-order chi connectivity index (χ0) is 20.3. The number of nitrogens with two attached hydrogens (primary N) is 1. The summed E-state index contributed by atoms with van der Waals surface area (Å²) in [7, 11) is 0. The maximum Gasteiger partial charge on any atom is 0.260 e. The number of halogens is 2. The van der Waals surface area contributed by atoms with Crippen LogP contribution in [0.15, 0.2) is 42.5 Å². The molecule has 0 spiro atoms. The van der Waals surface area contributed by atoms with Crippen molar-refractivity contribution >= 4 is 23.2 Å². The summed E-state index contributed by atoms with van der Waals surface area (Å²) in [6.45, 7) is 6.13. The number of anilines is 1. The van der Waals surface area contributed by atoms with Crippen molar-refractivity contribution in [1.82, 2.24) is 9.80 Å². The molecule has 2 N–H and O–H groups in total. The van der Waals surface area contributed by atoms with Crippen molar-refractivity contribution in [3.63, 3.8) is 0 Å². The lowest BCUT2D eigenvalue weighted by Gasteiger charge is -2.44. The van der Waals surface area contributed by atoms with E-state index in [1.54, 1.807) is 30.3 Å². The summed E-state index contributed by atoms with van der Waals surface area (Å²) >= 11 is 5.88. The molecular weight excluding hydrogens is 381 g/mol. The third-order valence-corrected chi connectivity index (χ3v) is 5.29. The molecule has 2 aromatic carbocycles. The van der Waals surface area contributed by atoms with Gasteiger partial charge in [0.1, 0.15) is 11.6 Å². The molecular formula is C21H25ClFN3O2. The van der Waals surface area contributed by atoms with Gasteiger partial charge >= 0.3 is 0 Å². The Bertz CT molecular complexity index is 831. The average molecular weight is 406 g/mol. The lowest BCUT2D eigenvalue weighted by atomic mass is 10.1. The van der Waals surface area contributed by atoms with E-state index in [1.807, 2.05) is 11.8 Å². The summed E-state index contributed by atoms with van der Waals surface area (Å²) in [5, 5.41) is 0.524. The predicted octanol–water partition coefficient (Wildman–Crippen LogP) is 3.56. The highest BCUT2D eigenvalue weighted by molar-refractivity contribution is 6.30. The standard InChI is InChI=1S/C21H25ClFN3O2/c1-14-11-26(21(27)13-28-20-8-5-17(22)9-19(20)24)15(2)10-25(14)12-16-3-6-18(23)7-4-16/h3-9,14-15H,10-13,24H2,1-2H3. The van der Waals surface area contributed by atoms with E-state index in [0.29, 0.717) is 23.0 Å². The summed E-state index contributed by atoms with van der Waals surface area (Å²) in [5.74, 6) is 0.144. The van der Waals surface area contributed by atoms with Crippen LogP contribution in [-0.4, -0.2) is 47.5 Å². The van der Waals surface area contributed by atoms with E-state index in [0.717, 1.165) is 18.7 Å². The number of nitrogens with zero attached hydrogens (tertiary/aromatic N) is 2. The van der Waals surface area contributed by atoms with E-state index >= 15 is 0 Å². The molecule has 2 aromatic rings. The molecule has 1 amide bonds. The number of rotatable bonds is 5. The van der Waals surface area contributed by atoms with Crippen LogP contribution >= 0.6 is 11.6 Å². The zero-order valence-corrected chi connectivity index (χ0v) is 16.8. The van der Waals surface area contributed by atoms with Crippen molar-refractivity contribution in [3.05, 3.63) is 58.9 Å². The monoisotopic (exact) mass is 405 g/mol. The molecule has 28 heavy (non-hydrogen) atoms. The third kappa shape index (κ3) is 4.94. The Hall–Kier alpha value is -2.31. The summed E-state index contributed by atoms with van der Waals surface area (Å²) < 4.78 is 18.7. The first kappa shape index (κ1) is 20.4. The van der Waals surface area contributed by atoms with E-state index in [9.17, 15) is 9.18 Å². The van der Waals surface area contributed by atoms with E-state index in [1.165, 1.54) is 12.1 Å². The van der Waals surface area contributed by atoms with Crippen LogP contribution < -0.4 is 10.5 Å². The van der Waals surface area contributed by atoms with Crippen molar-refractivity contribution < 1.29 is 13.9 Å². The number of hydrogen-bond acceptors (Lipinski definition) is 4. The second kappa shape index (κ2) is 8.80. The normalized spacial score (nSPS) is 20.2. The molecule has 1 aliphatic heterocycles. The highest BCUT2D eigenvalue weighted by atomic mass is 35.5. The van der Waals surface area contributed by atoms with Crippen LogP contribution in [0.5, 0.6) is 5.75 Å². The van der Waals surface area contributed by atoms with Gasteiger partial charge in [0.2, 0.25) is 0 Å². The predicted molar refractivity (Wildman–Crippen MR) is 109 cm³/mol. The van der Waals surface area contributed by atoms with Crippen LogP contribution in [0.25, 0.3) is 0 Å². The Morgan fingerprint density at radius 3 is 2.57 bits per heavy atom. The molecule has 0 radical (unpaired) electrons. The third-order valence-electron chi connectivity index (χ3n) is 5.06. The smallest absolute Gasteiger partial charge is 0.260 e. The van der Waals surface area contributed by atoms with Gasteiger partial charge in [-0.1, -0.05) is 23.7 Å². The highest BCUT2D eigenvalue weighted by Gasteiger charge is 2.32. The molecule has 1 aliphatic rings. The molecule has 3 rings (SSSR count). The number of ether oxygens (including phenoxy) is 1. The average Bonchev–Trinajstić information content (AvgIpc) is 2.65. The number of carbonyl (C=O) groups excluding carboxylic acids is 1. The van der Waals surface area contributed by atoms with Crippen LogP contribution in [-0.2, 0) is 11.3 Å². The maximum absolute atomic E-state index is 13.1. The molecule has 0 saturated carbocycles. The van der Waals surface area contributed by atoms with Crippen LogP contribution in [0.1, 0.15) is 19.4 Å². The second-order valence-corrected chi connectivity index (χ2v) is 7.71. The number of piperazine rings is 1. The van der Waals surface area contributed by atoms with Gasteiger partial charge in [-0.3, -0.25) is 9.69 Å². The Kier molecular flexibility index (Phi) is 6.42. The SMILES string of the molecule is CC1CN(C(=O)COc2ccc(Cl)cc2N)C(C)CN1Cc1ccc(F)cc1. The molecule has 0 bridgehead atoms. The molecule has 1 heterocycles. The zero-order valence-electron chi connectivity index (χ0n) is 16.1. The van der Waals surface area contributed by atoms with Crippen LogP contribution in [0.2, 0.25) is 5.02 Å². The van der Waals surface area contributed by atoms with Gasteiger partial charge in [0.05, 0.1) is 5.69 Å². The van der Waals surface area contributed by atoms with Gasteiger partial charge in [-0.15, -0.1) is 0 Å². The fourth-order valence-corrected chi connectivity index (χ4v) is 3.64. The fourth-order valence-electron chi connectivity index (χ4n) is 3.46. The second-order valence-electron chi connectivity index (χ2n) is 7.27. The van der Waals surface area contributed by atoms with Crippen molar-refractivity contribution in [2.75, 3.05) is 25.4 Å². The molecule has 2 unspecified atom stereocenters. The van der Waals surface area contributed by atoms with Gasteiger partial charge in [0.25, 0.3) is 5.91 Å². The molecule has 7 heteroatoms. The lowest BCUT2D eigenvalue weighted by molar-refractivity contribution is -0.139. The molecule has 2 atom stereocenters. The first-order valence-corrected chi connectivity index (χ1v) is 9.67. The first-order valence-electron chi connectivity index (χ1n) is 9.29. The van der Waals surface area contributed by atoms with E-state index in [4.69, 9.17) is 22.1 Å². The van der Waals surface area contributed by atoms with Gasteiger partial charge in [-0.25, -0.2) is 4.39 Å². The maximum atomic E-state index is 13.1.